The molecule has 116 valence electrons. The van der Waals surface area contributed by atoms with Crippen LogP contribution in [0.2, 0.25) is 18.1 Å². The van der Waals surface area contributed by atoms with Crippen LogP contribution < -0.4 is 5.32 Å². The number of ketones is 1. The van der Waals surface area contributed by atoms with Crippen LogP contribution >= 0.6 is 0 Å². The number of ether oxygens (including phenoxy) is 1. The van der Waals surface area contributed by atoms with Crippen molar-refractivity contribution in [3.05, 3.63) is 0 Å². The summed E-state index contributed by atoms with van der Waals surface area (Å²) in [5, 5.41) is 10.9. The van der Waals surface area contributed by atoms with Gasteiger partial charge in [0, 0.05) is 6.42 Å². The zero-order valence-corrected chi connectivity index (χ0v) is 13.9. The van der Waals surface area contributed by atoms with Gasteiger partial charge in [-0.25, -0.2) is 4.79 Å². The minimum Gasteiger partial charge on any atom is -0.465 e. The third kappa shape index (κ3) is 4.57. The van der Waals surface area contributed by atoms with E-state index in [9.17, 15) is 9.59 Å². The fourth-order valence-electron chi connectivity index (χ4n) is 1.65. The molecule has 0 aromatic heterocycles. The van der Waals surface area contributed by atoms with Gasteiger partial charge in [-0.1, -0.05) is 20.8 Å². The van der Waals surface area contributed by atoms with Crippen molar-refractivity contribution < 1.29 is 23.9 Å². The predicted molar refractivity (Wildman–Crippen MR) is 77.5 cm³/mol. The molecule has 0 saturated carbocycles. The molecule has 1 amide bonds. The molecule has 0 spiro atoms. The standard InChI is InChI=1S/C13H25NO5Si/c1-13(2,3)20(4,5)19-7-9-6-11(15)10(8-18-9)14-12(16)17/h9-10,14H,6-8H2,1-5H3,(H,16,17)/t9-,10-/m0/s1. The van der Waals surface area contributed by atoms with E-state index in [4.69, 9.17) is 14.3 Å². The van der Waals surface area contributed by atoms with Gasteiger partial charge in [-0.3, -0.25) is 4.79 Å². The molecule has 0 aromatic rings. The van der Waals surface area contributed by atoms with Crippen molar-refractivity contribution in [1.82, 2.24) is 5.32 Å². The van der Waals surface area contributed by atoms with Crippen LogP contribution in [-0.4, -0.2) is 50.7 Å². The van der Waals surface area contributed by atoms with Gasteiger partial charge < -0.3 is 19.6 Å². The molecule has 7 heteroatoms. The lowest BCUT2D eigenvalue weighted by Crippen LogP contribution is -2.51. The van der Waals surface area contributed by atoms with Crippen molar-refractivity contribution >= 4 is 20.2 Å². The van der Waals surface area contributed by atoms with Crippen molar-refractivity contribution in [2.45, 2.75) is 57.5 Å². The second kappa shape index (κ2) is 6.24. The highest BCUT2D eigenvalue weighted by atomic mass is 28.4. The molecule has 0 aromatic carbocycles. The Morgan fingerprint density at radius 2 is 2.10 bits per heavy atom. The van der Waals surface area contributed by atoms with Gasteiger partial charge in [0.25, 0.3) is 0 Å². The van der Waals surface area contributed by atoms with Crippen molar-refractivity contribution in [2.24, 2.45) is 0 Å². The third-order valence-electron chi connectivity index (χ3n) is 4.05. The summed E-state index contributed by atoms with van der Waals surface area (Å²) in [5.41, 5.74) is 0. The lowest BCUT2D eigenvalue weighted by molar-refractivity contribution is -0.133. The number of hydrogen-bond donors (Lipinski definition) is 2. The average Bonchev–Trinajstić information content (AvgIpc) is 2.28. The highest BCUT2D eigenvalue weighted by Gasteiger charge is 2.39. The average molecular weight is 303 g/mol. The van der Waals surface area contributed by atoms with E-state index in [0.717, 1.165) is 0 Å². The van der Waals surface area contributed by atoms with Crippen molar-refractivity contribution in [1.29, 1.82) is 0 Å². The first-order valence-corrected chi connectivity index (χ1v) is 9.71. The van der Waals surface area contributed by atoms with Gasteiger partial charge in [0.05, 0.1) is 19.3 Å². The summed E-state index contributed by atoms with van der Waals surface area (Å²) in [4.78, 5) is 22.3. The first-order valence-electron chi connectivity index (χ1n) is 6.80. The molecule has 1 aliphatic rings. The lowest BCUT2D eigenvalue weighted by atomic mass is 10.0. The summed E-state index contributed by atoms with van der Waals surface area (Å²) in [6, 6.07) is -0.753. The topological polar surface area (TPSA) is 84.9 Å². The molecule has 1 heterocycles. The summed E-state index contributed by atoms with van der Waals surface area (Å²) < 4.78 is 11.5. The van der Waals surface area contributed by atoms with Gasteiger partial charge in [0.1, 0.15) is 6.04 Å². The lowest BCUT2D eigenvalue weighted by Gasteiger charge is -2.38. The molecule has 1 fully saturated rings. The number of rotatable bonds is 4. The Labute approximate surface area is 121 Å². The van der Waals surface area contributed by atoms with Crippen LogP contribution in [0, 0.1) is 0 Å². The number of carbonyl (C=O) groups is 2. The van der Waals surface area contributed by atoms with E-state index >= 15 is 0 Å². The van der Waals surface area contributed by atoms with Gasteiger partial charge in [-0.15, -0.1) is 0 Å². The Balaban J connectivity index is 2.46. The third-order valence-corrected chi connectivity index (χ3v) is 8.55. The van der Waals surface area contributed by atoms with Gasteiger partial charge in [-0.2, -0.15) is 0 Å². The second-order valence-electron chi connectivity index (χ2n) is 6.70. The molecular formula is C13H25NO5Si. The summed E-state index contributed by atoms with van der Waals surface area (Å²) in [7, 11) is -1.86. The SMILES string of the molecule is CC(C)(C)[Si](C)(C)OC[C@@H]1CC(=O)[C@@H](NC(=O)O)CO1. The summed E-state index contributed by atoms with van der Waals surface area (Å²) in [5.74, 6) is -0.137. The van der Waals surface area contributed by atoms with Gasteiger partial charge in [0.2, 0.25) is 0 Å². The smallest absolute Gasteiger partial charge is 0.405 e. The molecule has 1 aliphatic heterocycles. The van der Waals surface area contributed by atoms with Crippen LogP contribution in [-0.2, 0) is 14.0 Å². The van der Waals surface area contributed by atoms with Crippen LogP contribution in [0.15, 0.2) is 0 Å². The predicted octanol–water partition coefficient (Wildman–Crippen LogP) is 2.00. The Kier molecular flexibility index (Phi) is 5.34. The molecule has 6 nitrogen and oxygen atoms in total. The number of hydrogen-bond acceptors (Lipinski definition) is 4. The number of carbonyl (C=O) groups excluding carboxylic acids is 1. The molecule has 0 radical (unpaired) electrons. The second-order valence-corrected chi connectivity index (χ2v) is 11.5. The van der Waals surface area contributed by atoms with Gasteiger partial charge in [0.15, 0.2) is 14.1 Å². The molecule has 0 unspecified atom stereocenters. The van der Waals surface area contributed by atoms with Crippen molar-refractivity contribution in [3.63, 3.8) is 0 Å². The summed E-state index contributed by atoms with van der Waals surface area (Å²) in [6.45, 7) is 11.2. The van der Waals surface area contributed by atoms with E-state index in [1.165, 1.54) is 0 Å². The van der Waals surface area contributed by atoms with Crippen LogP contribution in [0.3, 0.4) is 0 Å². The molecule has 0 aliphatic carbocycles. The van der Waals surface area contributed by atoms with E-state index in [-0.39, 0.29) is 30.0 Å². The Morgan fingerprint density at radius 3 is 2.55 bits per heavy atom. The van der Waals surface area contributed by atoms with E-state index < -0.39 is 20.5 Å². The maximum atomic E-state index is 11.8. The van der Waals surface area contributed by atoms with Gasteiger partial charge >= 0.3 is 6.09 Å². The highest BCUT2D eigenvalue weighted by Crippen LogP contribution is 2.36. The fraction of sp³-hybridized carbons (Fsp3) is 0.846. The molecule has 1 rings (SSSR count). The van der Waals surface area contributed by atoms with E-state index in [2.05, 4.69) is 39.2 Å². The van der Waals surface area contributed by atoms with Crippen LogP contribution in [0.4, 0.5) is 4.79 Å². The fourth-order valence-corrected chi connectivity index (χ4v) is 2.68. The maximum Gasteiger partial charge on any atom is 0.405 e. The maximum absolute atomic E-state index is 11.8. The van der Waals surface area contributed by atoms with Crippen molar-refractivity contribution in [3.8, 4) is 0 Å². The quantitative estimate of drug-likeness (QED) is 0.776. The number of nitrogens with one attached hydrogen (secondary N) is 1. The molecule has 20 heavy (non-hydrogen) atoms. The first-order chi connectivity index (χ1) is 9.03. The Hall–Kier alpha value is -0.923. The minimum absolute atomic E-state index is 0.0800. The molecule has 2 atom stereocenters. The zero-order chi connectivity index (χ0) is 15.6. The monoisotopic (exact) mass is 303 g/mol. The summed E-state index contributed by atoms with van der Waals surface area (Å²) in [6.07, 6.45) is -1.29. The van der Waals surface area contributed by atoms with Crippen LogP contribution in [0.25, 0.3) is 0 Å². The first kappa shape index (κ1) is 17.1. The van der Waals surface area contributed by atoms with Crippen LogP contribution in [0.5, 0.6) is 0 Å². The van der Waals surface area contributed by atoms with E-state index in [0.29, 0.717) is 6.61 Å². The highest BCUT2D eigenvalue weighted by molar-refractivity contribution is 6.74. The minimum atomic E-state index is -1.86. The molecule has 0 bridgehead atoms. The number of Topliss-reactive ketones (excluding diaryl/α,β-unsaturated/α-hetero) is 1. The molecule has 1 saturated heterocycles. The number of amides is 1. The Morgan fingerprint density at radius 1 is 1.50 bits per heavy atom. The summed E-state index contributed by atoms with van der Waals surface area (Å²) >= 11 is 0. The van der Waals surface area contributed by atoms with E-state index in [1.54, 1.807) is 0 Å². The molecular weight excluding hydrogens is 278 g/mol. The molecule has 2 N–H and O–H groups in total. The van der Waals surface area contributed by atoms with E-state index in [1.807, 2.05) is 0 Å². The normalized spacial score (nSPS) is 24.6. The Bertz CT molecular complexity index is 377. The zero-order valence-electron chi connectivity index (χ0n) is 12.9. The van der Waals surface area contributed by atoms with Gasteiger partial charge in [-0.05, 0) is 18.1 Å². The van der Waals surface area contributed by atoms with Crippen molar-refractivity contribution in [2.75, 3.05) is 13.2 Å². The van der Waals surface area contributed by atoms with Crippen LogP contribution in [0.1, 0.15) is 27.2 Å². The largest absolute Gasteiger partial charge is 0.465 e. The number of carboxylic acid groups (broad SMARTS) is 1.